The van der Waals surface area contributed by atoms with Gasteiger partial charge < -0.3 is 0 Å². The maximum atomic E-state index is 12.3. The van der Waals surface area contributed by atoms with Crippen LogP contribution in [0.4, 0.5) is 11.4 Å². The summed E-state index contributed by atoms with van der Waals surface area (Å²) in [7, 11) is 0. The lowest BCUT2D eigenvalue weighted by Crippen LogP contribution is -2.20. The molecule has 96 valence electrons. The zero-order chi connectivity index (χ0) is 13.6. The van der Waals surface area contributed by atoms with Crippen LogP contribution in [-0.4, -0.2) is 5.91 Å². The molecule has 0 unspecified atom stereocenters. The molecule has 0 saturated heterocycles. The van der Waals surface area contributed by atoms with E-state index in [1.54, 1.807) is 0 Å². The number of rotatable bonds is 1. The largest absolute Gasteiger partial charge is 0.280 e. The van der Waals surface area contributed by atoms with Crippen LogP contribution in [0.3, 0.4) is 0 Å². The molecule has 0 N–H and O–H groups in total. The second-order valence-corrected chi connectivity index (χ2v) is 5.31. The smallest absolute Gasteiger partial charge is 0.236 e. The van der Waals surface area contributed by atoms with Crippen molar-refractivity contribution in [1.29, 1.82) is 0 Å². The summed E-state index contributed by atoms with van der Waals surface area (Å²) >= 11 is 0. The Morgan fingerprint density at radius 2 is 1.74 bits per heavy atom. The fourth-order valence-corrected chi connectivity index (χ4v) is 2.60. The van der Waals surface area contributed by atoms with Crippen molar-refractivity contribution in [2.75, 3.05) is 4.90 Å². The van der Waals surface area contributed by atoms with Gasteiger partial charge in [0.25, 0.3) is 0 Å². The number of hydrogen-bond donors (Lipinski definition) is 0. The molecule has 0 fully saturated rings. The number of benzene rings is 2. The van der Waals surface area contributed by atoms with Gasteiger partial charge in [-0.05, 0) is 55.7 Å². The predicted molar refractivity (Wildman–Crippen MR) is 77.9 cm³/mol. The highest BCUT2D eigenvalue weighted by Gasteiger charge is 2.28. The third-order valence-electron chi connectivity index (χ3n) is 3.82. The molecule has 0 aliphatic carbocycles. The van der Waals surface area contributed by atoms with Crippen LogP contribution in [0.15, 0.2) is 36.4 Å². The van der Waals surface area contributed by atoms with Gasteiger partial charge in [0.1, 0.15) is 0 Å². The lowest BCUT2D eigenvalue weighted by atomic mass is 10.1. The van der Waals surface area contributed by atoms with Crippen molar-refractivity contribution in [2.45, 2.75) is 27.2 Å². The summed E-state index contributed by atoms with van der Waals surface area (Å²) in [5, 5.41) is 0. The Labute approximate surface area is 113 Å². The predicted octanol–water partition coefficient (Wildman–Crippen LogP) is 3.83. The average molecular weight is 251 g/mol. The molecule has 19 heavy (non-hydrogen) atoms. The minimum atomic E-state index is 0.156. The summed E-state index contributed by atoms with van der Waals surface area (Å²) in [4.78, 5) is 14.1. The van der Waals surface area contributed by atoms with Gasteiger partial charge in [-0.15, -0.1) is 0 Å². The van der Waals surface area contributed by atoms with E-state index in [4.69, 9.17) is 0 Å². The highest BCUT2D eigenvalue weighted by molar-refractivity contribution is 6.07. The van der Waals surface area contributed by atoms with Crippen molar-refractivity contribution in [3.63, 3.8) is 0 Å². The number of fused-ring (bicyclic) bond motifs is 1. The molecule has 2 aromatic rings. The Morgan fingerprint density at radius 3 is 2.47 bits per heavy atom. The quantitative estimate of drug-likeness (QED) is 0.754. The van der Waals surface area contributed by atoms with E-state index >= 15 is 0 Å². The molecule has 1 heterocycles. The van der Waals surface area contributed by atoms with E-state index in [0.717, 1.165) is 16.9 Å². The summed E-state index contributed by atoms with van der Waals surface area (Å²) in [6.45, 7) is 6.22. The van der Waals surface area contributed by atoms with Crippen LogP contribution in [0.5, 0.6) is 0 Å². The molecule has 0 bridgehead atoms. The maximum absolute atomic E-state index is 12.3. The van der Waals surface area contributed by atoms with Crippen LogP contribution >= 0.6 is 0 Å². The Balaban J connectivity index is 2.11. The van der Waals surface area contributed by atoms with Crippen molar-refractivity contribution < 1.29 is 4.79 Å². The molecule has 0 radical (unpaired) electrons. The van der Waals surface area contributed by atoms with Crippen molar-refractivity contribution in [1.82, 2.24) is 0 Å². The van der Waals surface area contributed by atoms with E-state index < -0.39 is 0 Å². The molecule has 1 amide bonds. The minimum Gasteiger partial charge on any atom is -0.280 e. The molecule has 0 atom stereocenters. The number of carbonyl (C=O) groups excluding carboxylic acids is 1. The Morgan fingerprint density at radius 1 is 0.947 bits per heavy atom. The summed E-state index contributed by atoms with van der Waals surface area (Å²) < 4.78 is 0. The number of hydrogen-bond acceptors (Lipinski definition) is 1. The molecule has 2 heteroatoms. The van der Waals surface area contributed by atoms with Crippen LogP contribution in [0.25, 0.3) is 0 Å². The maximum Gasteiger partial charge on any atom is 0.236 e. The molecule has 0 saturated carbocycles. The summed E-state index contributed by atoms with van der Waals surface area (Å²) in [6, 6.07) is 12.4. The van der Waals surface area contributed by atoms with Gasteiger partial charge in [0, 0.05) is 5.69 Å². The monoisotopic (exact) mass is 251 g/mol. The summed E-state index contributed by atoms with van der Waals surface area (Å²) in [5.41, 5.74) is 6.79. The molecule has 1 aliphatic rings. The first-order valence-corrected chi connectivity index (χ1v) is 6.56. The van der Waals surface area contributed by atoms with E-state index in [9.17, 15) is 4.79 Å². The molecule has 1 aliphatic heterocycles. The number of amides is 1. The van der Waals surface area contributed by atoms with Gasteiger partial charge in [-0.1, -0.05) is 23.8 Å². The van der Waals surface area contributed by atoms with Gasteiger partial charge >= 0.3 is 0 Å². The van der Waals surface area contributed by atoms with Crippen LogP contribution in [0.2, 0.25) is 0 Å². The van der Waals surface area contributed by atoms with E-state index in [-0.39, 0.29) is 5.91 Å². The average Bonchev–Trinajstić information content (AvgIpc) is 2.68. The fraction of sp³-hybridized carbons (Fsp3) is 0.235. The number of carbonyl (C=O) groups is 1. The fourth-order valence-electron chi connectivity index (χ4n) is 2.60. The summed E-state index contributed by atoms with van der Waals surface area (Å²) in [5.74, 6) is 0.156. The van der Waals surface area contributed by atoms with E-state index in [1.165, 1.54) is 16.7 Å². The number of aryl methyl sites for hydroxylation is 3. The highest BCUT2D eigenvalue weighted by Crippen LogP contribution is 2.36. The standard InChI is InChI=1S/C17H17NO/c1-11-4-7-16-14(8-11)10-17(19)18(16)15-6-5-12(2)13(3)9-15/h4-9H,10H2,1-3H3. The first kappa shape index (κ1) is 12.0. The van der Waals surface area contributed by atoms with Crippen LogP contribution in [0, 0.1) is 20.8 Å². The van der Waals surface area contributed by atoms with Crippen molar-refractivity contribution >= 4 is 17.3 Å². The topological polar surface area (TPSA) is 20.3 Å². The van der Waals surface area contributed by atoms with Gasteiger partial charge in [0.15, 0.2) is 0 Å². The third-order valence-corrected chi connectivity index (χ3v) is 3.82. The Kier molecular flexibility index (Phi) is 2.67. The first-order chi connectivity index (χ1) is 9.06. The molecule has 3 rings (SSSR count). The number of anilines is 2. The number of nitrogens with zero attached hydrogens (tertiary/aromatic N) is 1. The molecule has 0 aromatic heterocycles. The van der Waals surface area contributed by atoms with E-state index in [0.29, 0.717) is 6.42 Å². The van der Waals surface area contributed by atoms with Crippen molar-refractivity contribution in [3.8, 4) is 0 Å². The summed E-state index contributed by atoms with van der Waals surface area (Å²) in [6.07, 6.45) is 0.504. The van der Waals surface area contributed by atoms with Crippen LogP contribution in [0.1, 0.15) is 22.3 Å². The second kappa shape index (κ2) is 4.23. The molecule has 0 spiro atoms. The Hall–Kier alpha value is -2.09. The highest BCUT2D eigenvalue weighted by atomic mass is 16.2. The molecular formula is C17H17NO. The normalized spacial score (nSPS) is 13.8. The second-order valence-electron chi connectivity index (χ2n) is 5.31. The first-order valence-electron chi connectivity index (χ1n) is 6.56. The van der Waals surface area contributed by atoms with E-state index in [2.05, 4.69) is 45.0 Å². The van der Waals surface area contributed by atoms with Gasteiger partial charge in [0.05, 0.1) is 12.1 Å². The lowest BCUT2D eigenvalue weighted by Gasteiger charge is -2.19. The van der Waals surface area contributed by atoms with Gasteiger partial charge in [-0.25, -0.2) is 0 Å². The minimum absolute atomic E-state index is 0.156. The zero-order valence-electron chi connectivity index (χ0n) is 11.5. The molecule has 2 aromatic carbocycles. The Bertz CT molecular complexity index is 673. The van der Waals surface area contributed by atoms with Crippen LogP contribution in [-0.2, 0) is 11.2 Å². The lowest BCUT2D eigenvalue weighted by molar-refractivity contribution is -0.116. The zero-order valence-corrected chi connectivity index (χ0v) is 11.5. The van der Waals surface area contributed by atoms with Gasteiger partial charge in [-0.2, -0.15) is 0 Å². The third kappa shape index (κ3) is 1.93. The van der Waals surface area contributed by atoms with Crippen molar-refractivity contribution in [3.05, 3.63) is 58.7 Å². The van der Waals surface area contributed by atoms with E-state index in [1.807, 2.05) is 17.0 Å². The molecule has 2 nitrogen and oxygen atoms in total. The molecular weight excluding hydrogens is 234 g/mol. The SMILES string of the molecule is Cc1ccc2c(c1)CC(=O)N2c1ccc(C)c(C)c1. The van der Waals surface area contributed by atoms with Crippen LogP contribution < -0.4 is 4.90 Å². The van der Waals surface area contributed by atoms with Gasteiger partial charge in [-0.3, -0.25) is 9.69 Å². The van der Waals surface area contributed by atoms with Gasteiger partial charge in [0.2, 0.25) is 5.91 Å². The van der Waals surface area contributed by atoms with Crippen molar-refractivity contribution in [2.24, 2.45) is 0 Å².